The van der Waals surface area contributed by atoms with Crippen molar-refractivity contribution in [3.8, 4) is 5.75 Å². The van der Waals surface area contributed by atoms with Gasteiger partial charge in [0.15, 0.2) is 0 Å². The molecule has 0 spiro atoms. The Balaban J connectivity index is 1.98. The number of alkyl halides is 2. The first-order valence-corrected chi connectivity index (χ1v) is 7.68. The van der Waals surface area contributed by atoms with Crippen LogP contribution in [-0.4, -0.2) is 47.1 Å². The largest absolute Gasteiger partial charge is 0.480 e. The molecule has 0 aliphatic heterocycles. The van der Waals surface area contributed by atoms with Gasteiger partial charge in [0.05, 0.1) is 11.6 Å². The SMILES string of the molecule is CC(C(=O)O)N(CC(=O)Nc1ccc(OC(F)F)c(Cl)c1)C1CC1. The third kappa shape index (κ3) is 5.04. The lowest BCUT2D eigenvalue weighted by molar-refractivity contribution is -0.143. The molecule has 0 aromatic heterocycles. The number of amides is 1. The summed E-state index contributed by atoms with van der Waals surface area (Å²) >= 11 is 5.82. The highest BCUT2D eigenvalue weighted by Gasteiger charge is 2.36. The van der Waals surface area contributed by atoms with Gasteiger partial charge in [-0.25, -0.2) is 0 Å². The monoisotopic (exact) mass is 362 g/mol. The van der Waals surface area contributed by atoms with Crippen LogP contribution in [0.2, 0.25) is 5.02 Å². The number of halogens is 3. The highest BCUT2D eigenvalue weighted by molar-refractivity contribution is 6.32. The molecule has 0 radical (unpaired) electrons. The smallest absolute Gasteiger partial charge is 0.387 e. The number of nitrogens with one attached hydrogen (secondary N) is 1. The van der Waals surface area contributed by atoms with Crippen molar-refractivity contribution >= 4 is 29.2 Å². The summed E-state index contributed by atoms with van der Waals surface area (Å²) in [5.41, 5.74) is 0.311. The second-order valence-corrected chi connectivity index (χ2v) is 5.90. The van der Waals surface area contributed by atoms with Gasteiger partial charge in [-0.2, -0.15) is 8.78 Å². The Kier molecular flexibility index (Phi) is 5.95. The lowest BCUT2D eigenvalue weighted by Gasteiger charge is -2.25. The molecule has 1 unspecified atom stereocenters. The summed E-state index contributed by atoms with van der Waals surface area (Å²) < 4.78 is 28.6. The summed E-state index contributed by atoms with van der Waals surface area (Å²) in [4.78, 5) is 24.9. The van der Waals surface area contributed by atoms with E-state index in [0.29, 0.717) is 5.69 Å². The fourth-order valence-corrected chi connectivity index (χ4v) is 2.49. The van der Waals surface area contributed by atoms with E-state index in [0.717, 1.165) is 12.8 Å². The summed E-state index contributed by atoms with van der Waals surface area (Å²) in [6, 6.07) is 3.21. The molecule has 9 heteroatoms. The lowest BCUT2D eigenvalue weighted by Crippen LogP contribution is -2.44. The molecule has 2 N–H and O–H groups in total. The first-order valence-electron chi connectivity index (χ1n) is 7.30. The topological polar surface area (TPSA) is 78.9 Å². The van der Waals surface area contributed by atoms with Crippen LogP contribution in [0.1, 0.15) is 19.8 Å². The predicted molar refractivity (Wildman–Crippen MR) is 83.5 cm³/mol. The Bertz CT molecular complexity index is 625. The lowest BCUT2D eigenvalue weighted by atomic mass is 10.2. The number of carboxylic acid groups (broad SMARTS) is 1. The maximum absolute atomic E-state index is 12.2. The van der Waals surface area contributed by atoms with Crippen LogP contribution >= 0.6 is 11.6 Å². The van der Waals surface area contributed by atoms with Crippen LogP contribution in [0.25, 0.3) is 0 Å². The van der Waals surface area contributed by atoms with Crippen molar-refractivity contribution in [1.82, 2.24) is 4.90 Å². The van der Waals surface area contributed by atoms with Gasteiger partial charge < -0.3 is 15.2 Å². The van der Waals surface area contributed by atoms with Gasteiger partial charge in [-0.05, 0) is 38.0 Å². The molecule has 0 heterocycles. The Labute approximate surface area is 142 Å². The Morgan fingerprint density at radius 1 is 1.46 bits per heavy atom. The van der Waals surface area contributed by atoms with Gasteiger partial charge in [-0.15, -0.1) is 0 Å². The van der Waals surface area contributed by atoms with Crippen molar-refractivity contribution in [2.24, 2.45) is 0 Å². The molecule has 1 atom stereocenters. The fourth-order valence-electron chi connectivity index (χ4n) is 2.27. The number of aliphatic carboxylic acids is 1. The van der Waals surface area contributed by atoms with Crippen LogP contribution in [-0.2, 0) is 9.59 Å². The number of anilines is 1. The third-order valence-electron chi connectivity index (χ3n) is 3.63. The second-order valence-electron chi connectivity index (χ2n) is 5.49. The van der Waals surface area contributed by atoms with Crippen molar-refractivity contribution < 1.29 is 28.2 Å². The van der Waals surface area contributed by atoms with Crippen LogP contribution in [0.4, 0.5) is 14.5 Å². The van der Waals surface area contributed by atoms with Crippen molar-refractivity contribution in [3.05, 3.63) is 23.2 Å². The minimum absolute atomic E-state index is 0.0638. The normalized spacial score (nSPS) is 15.4. The summed E-state index contributed by atoms with van der Waals surface area (Å²) in [5.74, 6) is -1.59. The highest BCUT2D eigenvalue weighted by atomic mass is 35.5. The number of nitrogens with zero attached hydrogens (tertiary/aromatic N) is 1. The second kappa shape index (κ2) is 7.76. The van der Waals surface area contributed by atoms with Gasteiger partial charge in [0.1, 0.15) is 11.8 Å². The molecule has 0 saturated heterocycles. The average molecular weight is 363 g/mol. The average Bonchev–Trinajstić information content (AvgIpc) is 3.31. The van der Waals surface area contributed by atoms with E-state index >= 15 is 0 Å². The van der Waals surface area contributed by atoms with E-state index in [1.54, 1.807) is 4.90 Å². The number of hydrogen-bond acceptors (Lipinski definition) is 4. The van der Waals surface area contributed by atoms with Crippen molar-refractivity contribution in [3.63, 3.8) is 0 Å². The quantitative estimate of drug-likeness (QED) is 0.743. The molecule has 1 aromatic rings. The minimum Gasteiger partial charge on any atom is -0.480 e. The fraction of sp³-hybridized carbons (Fsp3) is 0.467. The van der Waals surface area contributed by atoms with Crippen molar-refractivity contribution in [2.45, 2.75) is 38.5 Å². The summed E-state index contributed by atoms with van der Waals surface area (Å²) in [6.45, 7) is -1.54. The van der Waals surface area contributed by atoms with Crippen LogP contribution in [0, 0.1) is 0 Å². The Morgan fingerprint density at radius 2 is 2.12 bits per heavy atom. The first-order chi connectivity index (χ1) is 11.3. The zero-order chi connectivity index (χ0) is 17.9. The zero-order valence-electron chi connectivity index (χ0n) is 12.8. The number of rotatable bonds is 8. The number of carbonyl (C=O) groups is 2. The molecule has 1 saturated carbocycles. The number of hydrogen-bond donors (Lipinski definition) is 2. The van der Waals surface area contributed by atoms with Crippen molar-refractivity contribution in [2.75, 3.05) is 11.9 Å². The molecule has 1 aromatic carbocycles. The van der Waals surface area contributed by atoms with E-state index in [-0.39, 0.29) is 23.4 Å². The molecular weight excluding hydrogens is 346 g/mol. The van der Waals surface area contributed by atoms with Gasteiger partial charge in [0.2, 0.25) is 5.91 Å². The first kappa shape index (κ1) is 18.4. The van der Waals surface area contributed by atoms with Gasteiger partial charge in [-0.1, -0.05) is 11.6 Å². The maximum Gasteiger partial charge on any atom is 0.387 e. The van der Waals surface area contributed by atoms with Gasteiger partial charge in [0.25, 0.3) is 0 Å². The molecule has 1 aliphatic carbocycles. The van der Waals surface area contributed by atoms with E-state index in [1.165, 1.54) is 25.1 Å². The maximum atomic E-state index is 12.2. The van der Waals surface area contributed by atoms with Crippen LogP contribution < -0.4 is 10.1 Å². The Hall–Kier alpha value is -1.93. The summed E-state index contributed by atoms with van der Waals surface area (Å²) in [6.07, 6.45) is 1.72. The van der Waals surface area contributed by atoms with Gasteiger partial charge in [-0.3, -0.25) is 14.5 Å². The number of carboxylic acids is 1. The molecule has 1 aliphatic rings. The Morgan fingerprint density at radius 3 is 2.62 bits per heavy atom. The predicted octanol–water partition coefficient (Wildman–Crippen LogP) is 2.82. The van der Waals surface area contributed by atoms with Crippen molar-refractivity contribution in [1.29, 1.82) is 0 Å². The molecule has 132 valence electrons. The van der Waals surface area contributed by atoms with Gasteiger partial charge >= 0.3 is 12.6 Å². The molecule has 2 rings (SSSR count). The number of benzene rings is 1. The zero-order valence-corrected chi connectivity index (χ0v) is 13.6. The van der Waals surface area contributed by atoms with Crippen LogP contribution in [0.15, 0.2) is 18.2 Å². The molecule has 6 nitrogen and oxygen atoms in total. The highest BCUT2D eigenvalue weighted by Crippen LogP contribution is 2.30. The third-order valence-corrected chi connectivity index (χ3v) is 3.92. The summed E-state index contributed by atoms with van der Waals surface area (Å²) in [7, 11) is 0. The van der Waals surface area contributed by atoms with E-state index < -0.39 is 24.5 Å². The number of ether oxygens (including phenoxy) is 1. The van der Waals surface area contributed by atoms with E-state index in [9.17, 15) is 18.4 Å². The van der Waals surface area contributed by atoms with E-state index in [4.69, 9.17) is 16.7 Å². The molecular formula is C15H17ClF2N2O4. The molecule has 24 heavy (non-hydrogen) atoms. The minimum atomic E-state index is -2.99. The summed E-state index contributed by atoms with van der Waals surface area (Å²) in [5, 5.41) is 11.6. The standard InChI is InChI=1S/C15H17ClF2N2O4/c1-8(14(22)23)20(10-3-4-10)7-13(21)19-9-2-5-12(11(16)6-9)24-15(17)18/h2,5-6,8,10,15H,3-4,7H2,1H3,(H,19,21)(H,22,23). The molecule has 1 fully saturated rings. The van der Waals surface area contributed by atoms with Crippen LogP contribution in [0.3, 0.4) is 0 Å². The van der Waals surface area contributed by atoms with E-state index in [1.807, 2.05) is 0 Å². The molecule has 0 bridgehead atoms. The number of carbonyl (C=O) groups excluding carboxylic acids is 1. The van der Waals surface area contributed by atoms with Crippen LogP contribution in [0.5, 0.6) is 5.75 Å². The molecule has 1 amide bonds. The van der Waals surface area contributed by atoms with E-state index in [2.05, 4.69) is 10.1 Å². The van der Waals surface area contributed by atoms with Gasteiger partial charge in [0, 0.05) is 11.7 Å².